The number of carbonyl (C=O) groups excluding carboxylic acids is 2. The predicted molar refractivity (Wildman–Crippen MR) is 107 cm³/mol. The number of hydrogen-bond acceptors (Lipinski definition) is 2. The minimum Gasteiger partial charge on any atom is -0.357 e. The monoisotopic (exact) mass is 377 g/mol. The fourth-order valence-electron chi connectivity index (χ4n) is 5.05. The molecule has 0 bridgehead atoms. The van der Waals surface area contributed by atoms with Crippen molar-refractivity contribution in [2.24, 2.45) is 5.41 Å². The van der Waals surface area contributed by atoms with Crippen LogP contribution in [-0.2, 0) is 4.79 Å². The van der Waals surface area contributed by atoms with Gasteiger partial charge >= 0.3 is 0 Å². The number of H-pyrrole nitrogens is 1. The summed E-state index contributed by atoms with van der Waals surface area (Å²) in [4.78, 5) is 33.1. The number of benzene rings is 1. The molecule has 5 nitrogen and oxygen atoms in total. The van der Waals surface area contributed by atoms with Crippen molar-refractivity contribution in [3.63, 3.8) is 0 Å². The number of likely N-dealkylation sites (tertiary alicyclic amines) is 2. The summed E-state index contributed by atoms with van der Waals surface area (Å²) in [7, 11) is 0. The van der Waals surface area contributed by atoms with Crippen LogP contribution in [0.5, 0.6) is 0 Å². The lowest BCUT2D eigenvalue weighted by atomic mass is 9.67. The standard InChI is InChI=1S/C23H27N3O2/c27-21-19(17-5-2-1-3-6-17)15-23(16-26(21)18-8-9-18)10-13-25(14-11-23)22(28)20-7-4-12-24-20/h1-7,12,18-19,24H,8-11,13-16H2/t19-/m0/s1. The van der Waals surface area contributed by atoms with Crippen molar-refractivity contribution in [1.29, 1.82) is 0 Å². The molecule has 2 amide bonds. The molecule has 1 atom stereocenters. The zero-order valence-corrected chi connectivity index (χ0v) is 16.1. The van der Waals surface area contributed by atoms with Crippen molar-refractivity contribution < 1.29 is 9.59 Å². The van der Waals surface area contributed by atoms with Gasteiger partial charge in [0.05, 0.1) is 5.92 Å². The highest BCUT2D eigenvalue weighted by Crippen LogP contribution is 2.48. The van der Waals surface area contributed by atoms with Gasteiger partial charge in [0.25, 0.3) is 5.91 Å². The third-order valence-electron chi connectivity index (χ3n) is 6.85. The highest BCUT2D eigenvalue weighted by atomic mass is 16.2. The quantitative estimate of drug-likeness (QED) is 0.891. The molecule has 3 aliphatic rings. The SMILES string of the molecule is O=C(c1ccc[nH]1)N1CCC2(CC1)C[C@@H](c1ccccc1)C(=O)N(C1CC1)C2. The summed E-state index contributed by atoms with van der Waals surface area (Å²) in [6, 6.07) is 14.4. The van der Waals surface area contributed by atoms with Crippen molar-refractivity contribution in [2.75, 3.05) is 19.6 Å². The molecular formula is C23H27N3O2. The molecule has 1 aromatic carbocycles. The molecule has 5 rings (SSSR count). The Hall–Kier alpha value is -2.56. The largest absolute Gasteiger partial charge is 0.357 e. The molecule has 1 N–H and O–H groups in total. The van der Waals surface area contributed by atoms with Crippen LogP contribution in [0.2, 0.25) is 0 Å². The molecule has 2 aromatic rings. The van der Waals surface area contributed by atoms with E-state index in [9.17, 15) is 9.59 Å². The minimum atomic E-state index is -0.0405. The molecule has 2 saturated heterocycles. The van der Waals surface area contributed by atoms with E-state index in [0.29, 0.717) is 17.6 Å². The third kappa shape index (κ3) is 3.13. The van der Waals surface area contributed by atoms with Gasteiger partial charge in [-0.2, -0.15) is 0 Å². The highest BCUT2D eigenvalue weighted by molar-refractivity contribution is 5.92. The van der Waals surface area contributed by atoms with E-state index in [-0.39, 0.29) is 17.2 Å². The van der Waals surface area contributed by atoms with Crippen LogP contribution >= 0.6 is 0 Å². The van der Waals surface area contributed by atoms with E-state index in [2.05, 4.69) is 22.0 Å². The molecule has 0 unspecified atom stereocenters. The average Bonchev–Trinajstić information content (AvgIpc) is 3.43. The molecular weight excluding hydrogens is 350 g/mol. The van der Waals surface area contributed by atoms with Crippen LogP contribution in [0, 0.1) is 5.41 Å². The number of nitrogens with zero attached hydrogens (tertiary/aromatic N) is 2. The predicted octanol–water partition coefficient (Wildman–Crippen LogP) is 3.42. The maximum Gasteiger partial charge on any atom is 0.270 e. The Bertz CT molecular complexity index is 849. The molecule has 3 fully saturated rings. The van der Waals surface area contributed by atoms with Crippen molar-refractivity contribution in [2.45, 2.75) is 44.1 Å². The summed E-state index contributed by atoms with van der Waals surface area (Å²) < 4.78 is 0. The summed E-state index contributed by atoms with van der Waals surface area (Å²) >= 11 is 0. The number of amides is 2. The first kappa shape index (κ1) is 17.5. The lowest BCUT2D eigenvalue weighted by molar-refractivity contribution is -0.142. The normalized spacial score (nSPS) is 24.6. The Morgan fingerprint density at radius 2 is 1.79 bits per heavy atom. The number of carbonyl (C=O) groups is 2. The Morgan fingerprint density at radius 3 is 2.43 bits per heavy atom. The van der Waals surface area contributed by atoms with E-state index in [0.717, 1.165) is 57.3 Å². The van der Waals surface area contributed by atoms with Crippen LogP contribution in [0.4, 0.5) is 0 Å². The number of aromatic amines is 1. The molecule has 5 heteroatoms. The molecule has 28 heavy (non-hydrogen) atoms. The fourth-order valence-corrected chi connectivity index (χ4v) is 5.05. The van der Waals surface area contributed by atoms with Gasteiger partial charge in [0.15, 0.2) is 0 Å². The van der Waals surface area contributed by atoms with E-state index in [1.165, 1.54) is 0 Å². The average molecular weight is 377 g/mol. The number of nitrogens with one attached hydrogen (secondary N) is 1. The van der Waals surface area contributed by atoms with Crippen LogP contribution in [0.15, 0.2) is 48.7 Å². The Kier molecular flexibility index (Phi) is 4.26. The van der Waals surface area contributed by atoms with Gasteiger partial charge in [0.1, 0.15) is 5.69 Å². The number of rotatable bonds is 3. The topological polar surface area (TPSA) is 56.4 Å². The Morgan fingerprint density at radius 1 is 1.04 bits per heavy atom. The van der Waals surface area contributed by atoms with Crippen molar-refractivity contribution in [1.82, 2.24) is 14.8 Å². The van der Waals surface area contributed by atoms with E-state index in [1.807, 2.05) is 35.2 Å². The zero-order chi connectivity index (χ0) is 19.1. The first-order chi connectivity index (χ1) is 13.7. The number of hydrogen-bond donors (Lipinski definition) is 1. The first-order valence-electron chi connectivity index (χ1n) is 10.4. The van der Waals surface area contributed by atoms with Crippen LogP contribution in [0.3, 0.4) is 0 Å². The zero-order valence-electron chi connectivity index (χ0n) is 16.1. The summed E-state index contributed by atoms with van der Waals surface area (Å²) in [5.74, 6) is 0.357. The molecule has 1 aromatic heterocycles. The first-order valence-corrected chi connectivity index (χ1v) is 10.4. The van der Waals surface area contributed by atoms with Crippen molar-refractivity contribution >= 4 is 11.8 Å². The maximum absolute atomic E-state index is 13.2. The van der Waals surface area contributed by atoms with E-state index >= 15 is 0 Å². The molecule has 3 heterocycles. The van der Waals surface area contributed by atoms with Gasteiger partial charge in [0, 0.05) is 31.9 Å². The summed E-state index contributed by atoms with van der Waals surface area (Å²) in [6.07, 6.45) is 6.92. The second-order valence-corrected chi connectivity index (χ2v) is 8.74. The van der Waals surface area contributed by atoms with Gasteiger partial charge in [-0.25, -0.2) is 0 Å². The molecule has 1 spiro atoms. The van der Waals surface area contributed by atoms with E-state index in [4.69, 9.17) is 0 Å². The van der Waals surface area contributed by atoms with Gasteiger partial charge in [0.2, 0.25) is 5.91 Å². The maximum atomic E-state index is 13.2. The summed E-state index contributed by atoms with van der Waals surface area (Å²) in [5, 5.41) is 0. The Labute approximate surface area is 165 Å². The summed E-state index contributed by atoms with van der Waals surface area (Å²) in [5.41, 5.74) is 1.93. The van der Waals surface area contributed by atoms with Gasteiger partial charge in [-0.05, 0) is 55.2 Å². The van der Waals surface area contributed by atoms with Gasteiger partial charge < -0.3 is 14.8 Å². The van der Waals surface area contributed by atoms with Gasteiger partial charge in [-0.1, -0.05) is 30.3 Å². The van der Waals surface area contributed by atoms with Crippen molar-refractivity contribution in [3.05, 3.63) is 59.9 Å². The number of piperidine rings is 2. The lowest BCUT2D eigenvalue weighted by Gasteiger charge is -2.50. The minimum absolute atomic E-state index is 0.0405. The van der Waals surface area contributed by atoms with Gasteiger partial charge in [-0.15, -0.1) is 0 Å². The van der Waals surface area contributed by atoms with Crippen LogP contribution in [0.25, 0.3) is 0 Å². The van der Waals surface area contributed by atoms with Crippen LogP contribution < -0.4 is 0 Å². The molecule has 2 aliphatic heterocycles. The van der Waals surface area contributed by atoms with E-state index < -0.39 is 0 Å². The third-order valence-corrected chi connectivity index (χ3v) is 6.85. The van der Waals surface area contributed by atoms with Crippen molar-refractivity contribution in [3.8, 4) is 0 Å². The van der Waals surface area contributed by atoms with Crippen LogP contribution in [0.1, 0.15) is 54.1 Å². The lowest BCUT2D eigenvalue weighted by Crippen LogP contribution is -2.55. The second-order valence-electron chi connectivity index (χ2n) is 8.74. The second kappa shape index (κ2) is 6.80. The molecule has 0 radical (unpaired) electrons. The molecule has 1 saturated carbocycles. The van der Waals surface area contributed by atoms with Gasteiger partial charge in [-0.3, -0.25) is 9.59 Å². The number of aromatic nitrogens is 1. The van der Waals surface area contributed by atoms with Crippen LogP contribution in [-0.4, -0.2) is 52.3 Å². The highest BCUT2D eigenvalue weighted by Gasteiger charge is 2.49. The van der Waals surface area contributed by atoms with E-state index in [1.54, 1.807) is 6.20 Å². The molecule has 1 aliphatic carbocycles. The molecule has 146 valence electrons. The smallest absolute Gasteiger partial charge is 0.270 e. The fraction of sp³-hybridized carbons (Fsp3) is 0.478. The Balaban J connectivity index is 1.35. The summed E-state index contributed by atoms with van der Waals surface area (Å²) in [6.45, 7) is 2.41.